The molecule has 2 aliphatic rings. The van der Waals surface area contributed by atoms with Gasteiger partial charge in [-0.25, -0.2) is 0 Å². The van der Waals surface area contributed by atoms with Crippen LogP contribution in [0.3, 0.4) is 0 Å². The predicted octanol–water partition coefficient (Wildman–Crippen LogP) is 5.72. The monoisotopic (exact) mass is 494 g/mol. The van der Waals surface area contributed by atoms with Gasteiger partial charge in [-0.1, -0.05) is 40.5 Å². The van der Waals surface area contributed by atoms with E-state index in [1.54, 1.807) is 0 Å². The van der Waals surface area contributed by atoms with Crippen LogP contribution < -0.4 is 21.3 Å². The maximum atomic E-state index is 10.4. The maximum absolute atomic E-state index is 10.4. The van der Waals surface area contributed by atoms with Gasteiger partial charge in [-0.3, -0.25) is 10.6 Å². The molecule has 0 saturated carbocycles. The Morgan fingerprint density at radius 1 is 0.743 bits per heavy atom. The molecular formula is C30H62N4O. The van der Waals surface area contributed by atoms with Crippen molar-refractivity contribution in [2.45, 2.75) is 174 Å². The molecule has 0 amide bonds. The van der Waals surface area contributed by atoms with E-state index in [0.717, 1.165) is 44.4 Å². The minimum atomic E-state index is -0.332. The third kappa shape index (κ3) is 8.95. The summed E-state index contributed by atoms with van der Waals surface area (Å²) in [4.78, 5) is 0. The quantitative estimate of drug-likeness (QED) is 0.238. The Morgan fingerprint density at radius 2 is 1.11 bits per heavy atom. The van der Waals surface area contributed by atoms with Crippen molar-refractivity contribution < 1.29 is 5.11 Å². The number of hydrogen-bond donors (Lipinski definition) is 5. The van der Waals surface area contributed by atoms with Gasteiger partial charge in [0.1, 0.15) is 0 Å². The summed E-state index contributed by atoms with van der Waals surface area (Å²) in [6.07, 6.45) is 8.64. The summed E-state index contributed by atoms with van der Waals surface area (Å²) in [5, 5.41) is 26.6. The number of aliphatic hydroxyl groups is 1. The summed E-state index contributed by atoms with van der Waals surface area (Å²) < 4.78 is 0. The largest absolute Gasteiger partial charge is 0.396 e. The molecule has 0 aromatic carbocycles. The molecule has 5 heteroatoms. The summed E-state index contributed by atoms with van der Waals surface area (Å²) in [6, 6.07) is 0.764. The molecule has 2 aliphatic heterocycles. The molecule has 0 aromatic heterocycles. The van der Waals surface area contributed by atoms with E-state index in [1.165, 1.54) is 12.8 Å². The van der Waals surface area contributed by atoms with Gasteiger partial charge in [-0.05, 0) is 98.8 Å². The van der Waals surface area contributed by atoms with E-state index in [0.29, 0.717) is 12.1 Å². The van der Waals surface area contributed by atoms with Gasteiger partial charge in [0.05, 0.1) is 5.66 Å². The van der Waals surface area contributed by atoms with Crippen molar-refractivity contribution in [3.8, 4) is 0 Å². The molecule has 5 nitrogen and oxygen atoms in total. The Balaban J connectivity index is 2.43. The molecular weight excluding hydrogens is 432 g/mol. The SMILES string of the molecule is CC(C)CCCC(C)(C)C(CCO)(NC1CC(C)(C)NC(C)(C)C1)NC1CC(C)(C)NC(C)(C)C1. The van der Waals surface area contributed by atoms with Crippen molar-refractivity contribution in [1.82, 2.24) is 21.3 Å². The number of nitrogens with one attached hydrogen (secondary N) is 4. The molecule has 0 aliphatic carbocycles. The van der Waals surface area contributed by atoms with Gasteiger partial charge in [-0.2, -0.15) is 0 Å². The lowest BCUT2D eigenvalue weighted by Crippen LogP contribution is -2.74. The zero-order valence-corrected chi connectivity index (χ0v) is 25.5. The van der Waals surface area contributed by atoms with Gasteiger partial charge in [0.15, 0.2) is 0 Å². The Labute approximate surface area is 218 Å². The van der Waals surface area contributed by atoms with Crippen molar-refractivity contribution in [3.05, 3.63) is 0 Å². The molecule has 208 valence electrons. The fourth-order valence-corrected chi connectivity index (χ4v) is 7.79. The molecule has 0 atom stereocenters. The second-order valence-electron chi connectivity index (χ2n) is 15.8. The standard InChI is InChI=1S/C30H62N4O/c1-22(2)14-13-15-25(3,4)30(16-17-35,31-23-18-26(5,6)33-27(7,8)19-23)32-24-20-28(9,10)34-29(11,12)21-24/h22-24,31-35H,13-21H2,1-12H3. The molecule has 0 bridgehead atoms. The molecule has 2 saturated heterocycles. The lowest BCUT2D eigenvalue weighted by molar-refractivity contribution is -0.00910. The zero-order valence-electron chi connectivity index (χ0n) is 25.5. The van der Waals surface area contributed by atoms with Crippen LogP contribution in [0.1, 0.15) is 134 Å². The first-order chi connectivity index (χ1) is 15.7. The van der Waals surface area contributed by atoms with Gasteiger partial charge >= 0.3 is 0 Å². The van der Waals surface area contributed by atoms with E-state index < -0.39 is 0 Å². The number of rotatable bonds is 11. The minimum absolute atomic E-state index is 0.0110. The summed E-state index contributed by atoms with van der Waals surface area (Å²) in [5.41, 5.74) is -0.0460. The smallest absolute Gasteiger partial charge is 0.0766 e. The molecule has 2 heterocycles. The van der Waals surface area contributed by atoms with Crippen LogP contribution in [0.5, 0.6) is 0 Å². The van der Waals surface area contributed by atoms with E-state index in [1.807, 2.05) is 0 Å². The maximum Gasteiger partial charge on any atom is 0.0766 e. The number of aliphatic hydroxyl groups excluding tert-OH is 1. The van der Waals surface area contributed by atoms with Crippen LogP contribution in [-0.4, -0.2) is 51.6 Å². The Hall–Kier alpha value is -0.200. The van der Waals surface area contributed by atoms with Gasteiger partial charge in [0.2, 0.25) is 0 Å². The van der Waals surface area contributed by atoms with Gasteiger partial charge < -0.3 is 15.7 Å². The van der Waals surface area contributed by atoms with E-state index in [4.69, 9.17) is 0 Å². The second-order valence-corrected chi connectivity index (χ2v) is 15.8. The summed E-state index contributed by atoms with van der Waals surface area (Å²) in [7, 11) is 0. The highest BCUT2D eigenvalue weighted by Crippen LogP contribution is 2.41. The van der Waals surface area contributed by atoms with Crippen molar-refractivity contribution in [2.24, 2.45) is 11.3 Å². The third-order valence-corrected chi connectivity index (χ3v) is 8.51. The lowest BCUT2D eigenvalue weighted by atomic mass is 9.69. The lowest BCUT2D eigenvalue weighted by Gasteiger charge is -2.57. The van der Waals surface area contributed by atoms with Crippen molar-refractivity contribution in [3.63, 3.8) is 0 Å². The Morgan fingerprint density at radius 3 is 1.43 bits per heavy atom. The third-order valence-electron chi connectivity index (χ3n) is 8.51. The summed E-state index contributed by atoms with van der Waals surface area (Å²) in [5.74, 6) is 0.719. The number of hydrogen-bond acceptors (Lipinski definition) is 5. The average Bonchev–Trinajstić information content (AvgIpc) is 2.55. The predicted molar refractivity (Wildman–Crippen MR) is 152 cm³/mol. The normalized spacial score (nSPS) is 25.2. The van der Waals surface area contributed by atoms with Crippen LogP contribution in [0, 0.1) is 11.3 Å². The Bertz CT molecular complexity index is 608. The molecule has 0 unspecified atom stereocenters. The van der Waals surface area contributed by atoms with Gasteiger partial charge in [-0.15, -0.1) is 0 Å². The second kappa shape index (κ2) is 10.9. The van der Waals surface area contributed by atoms with Crippen molar-refractivity contribution >= 4 is 0 Å². The highest BCUT2D eigenvalue weighted by atomic mass is 16.3. The first kappa shape index (κ1) is 31.0. The Kier molecular flexibility index (Phi) is 9.65. The molecule has 35 heavy (non-hydrogen) atoms. The first-order valence-electron chi connectivity index (χ1n) is 14.5. The van der Waals surface area contributed by atoms with Crippen molar-refractivity contribution in [2.75, 3.05) is 6.61 Å². The molecule has 2 fully saturated rings. The molecule has 0 spiro atoms. The van der Waals surface area contributed by atoms with E-state index in [9.17, 15) is 5.11 Å². The number of piperidine rings is 2. The van der Waals surface area contributed by atoms with Crippen LogP contribution in [0.4, 0.5) is 0 Å². The van der Waals surface area contributed by atoms with Crippen molar-refractivity contribution in [1.29, 1.82) is 0 Å². The van der Waals surface area contributed by atoms with E-state index in [2.05, 4.69) is 104 Å². The molecule has 0 radical (unpaired) electrons. The van der Waals surface area contributed by atoms with Crippen LogP contribution in [-0.2, 0) is 0 Å². The molecule has 2 rings (SSSR count). The first-order valence-corrected chi connectivity index (χ1v) is 14.5. The average molecular weight is 495 g/mol. The van der Waals surface area contributed by atoms with Crippen LogP contribution in [0.15, 0.2) is 0 Å². The van der Waals surface area contributed by atoms with E-state index in [-0.39, 0.29) is 39.8 Å². The topological polar surface area (TPSA) is 68.3 Å². The zero-order chi connectivity index (χ0) is 26.9. The highest BCUT2D eigenvalue weighted by molar-refractivity contribution is 5.09. The van der Waals surface area contributed by atoms with Gasteiger partial charge in [0.25, 0.3) is 0 Å². The highest BCUT2D eigenvalue weighted by Gasteiger charge is 2.50. The minimum Gasteiger partial charge on any atom is -0.396 e. The molecule has 0 aromatic rings. The summed E-state index contributed by atoms with van der Waals surface area (Å²) >= 11 is 0. The fraction of sp³-hybridized carbons (Fsp3) is 1.00. The van der Waals surface area contributed by atoms with Crippen LogP contribution >= 0.6 is 0 Å². The molecule has 5 N–H and O–H groups in total. The van der Waals surface area contributed by atoms with E-state index >= 15 is 0 Å². The van der Waals surface area contributed by atoms with Crippen LogP contribution in [0.25, 0.3) is 0 Å². The van der Waals surface area contributed by atoms with Crippen LogP contribution in [0.2, 0.25) is 0 Å². The summed E-state index contributed by atoms with van der Waals surface area (Å²) in [6.45, 7) is 28.3. The fourth-order valence-electron chi connectivity index (χ4n) is 7.79. The van der Waals surface area contributed by atoms with Gasteiger partial charge in [0, 0.05) is 47.3 Å².